The second-order valence-electron chi connectivity index (χ2n) is 8.17. The summed E-state index contributed by atoms with van der Waals surface area (Å²) in [4.78, 5) is 41.1. The molecule has 6 nitrogen and oxygen atoms in total. The Morgan fingerprint density at radius 1 is 0.839 bits per heavy atom. The molecule has 1 heterocycles. The summed E-state index contributed by atoms with van der Waals surface area (Å²) in [7, 11) is 0. The Labute approximate surface area is 185 Å². The van der Waals surface area contributed by atoms with E-state index in [-0.39, 0.29) is 10.8 Å². The van der Waals surface area contributed by atoms with Crippen LogP contribution in [0.4, 0.5) is 5.69 Å². The molecule has 0 aromatic heterocycles. The van der Waals surface area contributed by atoms with Crippen molar-refractivity contribution in [2.45, 2.75) is 11.5 Å². The third-order valence-electron chi connectivity index (χ3n) is 6.95. The number of benzene rings is 3. The molecule has 7 rings (SSSR count). The first-order valence-corrected chi connectivity index (χ1v) is 10.7. The number of amides is 2. The van der Waals surface area contributed by atoms with Crippen molar-refractivity contribution >= 4 is 33.4 Å². The molecule has 2 bridgehead atoms. The number of nitrogens with zero attached hydrogens (tertiary/aromatic N) is 2. The molecule has 1 aliphatic heterocycles. The molecule has 0 N–H and O–H groups in total. The Morgan fingerprint density at radius 2 is 1.39 bits per heavy atom. The average molecular weight is 475 g/mol. The summed E-state index contributed by atoms with van der Waals surface area (Å²) in [6.07, 6.45) is 0. The number of imide groups is 1. The number of hydrogen-bond acceptors (Lipinski definition) is 4. The number of carbonyl (C=O) groups excluding carboxylic acids is 2. The zero-order chi connectivity index (χ0) is 21.5. The zero-order valence-corrected chi connectivity index (χ0v) is 17.7. The van der Waals surface area contributed by atoms with Gasteiger partial charge in [-0.3, -0.25) is 19.7 Å². The van der Waals surface area contributed by atoms with Crippen LogP contribution in [0.15, 0.2) is 77.3 Å². The van der Waals surface area contributed by atoms with Crippen molar-refractivity contribution in [3.8, 4) is 0 Å². The molecule has 2 atom stereocenters. The smallest absolute Gasteiger partial charge is 0.274 e. The first kappa shape index (κ1) is 18.4. The summed E-state index contributed by atoms with van der Waals surface area (Å²) in [5.74, 6) is -3.18. The molecule has 0 radical (unpaired) electrons. The van der Waals surface area contributed by atoms with Gasteiger partial charge in [0.25, 0.3) is 5.54 Å². The maximum absolute atomic E-state index is 13.7. The van der Waals surface area contributed by atoms with Crippen molar-refractivity contribution in [1.29, 1.82) is 0 Å². The summed E-state index contributed by atoms with van der Waals surface area (Å²) in [6.45, 7) is 0. The highest BCUT2D eigenvalue weighted by atomic mass is 79.9. The Bertz CT molecular complexity index is 1260. The standard InChI is InChI=1S/C24H15BrN2O4/c25-13-9-11-14(12-10-13)26-22(28)20-19-15-5-1-3-7-17(15)24(27(30)31,21(20)23(26)29)18-8-4-2-6-16(18)19/h1-12,19-21H/t19?,20-,21+,24?/m0/s1. The van der Waals surface area contributed by atoms with Gasteiger partial charge in [0.2, 0.25) is 11.8 Å². The molecule has 152 valence electrons. The van der Waals surface area contributed by atoms with Crippen molar-refractivity contribution in [3.05, 3.63) is 110 Å². The van der Waals surface area contributed by atoms with Gasteiger partial charge >= 0.3 is 0 Å². The molecule has 3 aromatic carbocycles. The van der Waals surface area contributed by atoms with Gasteiger partial charge in [0.05, 0.1) is 11.6 Å². The Morgan fingerprint density at radius 3 is 1.94 bits per heavy atom. The van der Waals surface area contributed by atoms with Crippen LogP contribution in [-0.4, -0.2) is 16.7 Å². The molecule has 3 aliphatic carbocycles. The third-order valence-corrected chi connectivity index (χ3v) is 7.47. The van der Waals surface area contributed by atoms with Gasteiger partial charge in [0.15, 0.2) is 0 Å². The molecule has 0 spiro atoms. The summed E-state index contributed by atoms with van der Waals surface area (Å²) in [5.41, 5.74) is 1.20. The lowest BCUT2D eigenvalue weighted by Crippen LogP contribution is -2.57. The van der Waals surface area contributed by atoms with E-state index in [1.165, 1.54) is 0 Å². The zero-order valence-electron chi connectivity index (χ0n) is 16.1. The predicted molar refractivity (Wildman–Crippen MR) is 116 cm³/mol. The second kappa shape index (κ2) is 6.11. The number of carbonyl (C=O) groups is 2. The number of hydrogen-bond donors (Lipinski definition) is 0. The Kier molecular flexibility index (Phi) is 3.63. The molecule has 3 aromatic rings. The highest BCUT2D eigenvalue weighted by molar-refractivity contribution is 9.10. The lowest BCUT2D eigenvalue weighted by molar-refractivity contribution is -0.578. The van der Waals surface area contributed by atoms with Gasteiger partial charge < -0.3 is 0 Å². The van der Waals surface area contributed by atoms with Crippen LogP contribution in [0.25, 0.3) is 0 Å². The van der Waals surface area contributed by atoms with Crippen LogP contribution in [-0.2, 0) is 15.1 Å². The molecule has 1 fully saturated rings. The van der Waals surface area contributed by atoms with Gasteiger partial charge in [-0.2, -0.15) is 0 Å². The highest BCUT2D eigenvalue weighted by Crippen LogP contribution is 2.64. The maximum Gasteiger partial charge on any atom is 0.285 e. The van der Waals surface area contributed by atoms with Crippen molar-refractivity contribution in [1.82, 2.24) is 0 Å². The first-order chi connectivity index (χ1) is 15.0. The van der Waals surface area contributed by atoms with Crippen LogP contribution in [0.3, 0.4) is 0 Å². The van der Waals surface area contributed by atoms with Crippen LogP contribution in [0.1, 0.15) is 28.2 Å². The fourth-order valence-corrected chi connectivity index (χ4v) is 6.15. The SMILES string of the molecule is O=C1[C@H]2C3c4ccccc4C([N+](=O)[O-])(c4ccccc43)[C@H]2C(=O)N1c1ccc(Br)cc1. The average Bonchev–Trinajstić information content (AvgIpc) is 3.05. The molecule has 1 saturated heterocycles. The molecule has 0 saturated carbocycles. The number of halogens is 1. The van der Waals surface area contributed by atoms with Crippen molar-refractivity contribution < 1.29 is 14.5 Å². The molecule has 7 heteroatoms. The first-order valence-electron chi connectivity index (χ1n) is 9.94. The van der Waals surface area contributed by atoms with Gasteiger partial charge in [-0.25, -0.2) is 4.90 Å². The topological polar surface area (TPSA) is 80.5 Å². The van der Waals surface area contributed by atoms with E-state index in [1.807, 2.05) is 24.3 Å². The van der Waals surface area contributed by atoms with Gasteiger partial charge in [-0.15, -0.1) is 0 Å². The maximum atomic E-state index is 13.7. The van der Waals surface area contributed by atoms with Gasteiger partial charge in [0.1, 0.15) is 5.92 Å². The largest absolute Gasteiger partial charge is 0.285 e. The van der Waals surface area contributed by atoms with Crippen LogP contribution < -0.4 is 4.90 Å². The van der Waals surface area contributed by atoms with Crippen LogP contribution >= 0.6 is 15.9 Å². The monoisotopic (exact) mass is 474 g/mol. The van der Waals surface area contributed by atoms with Gasteiger partial charge in [0, 0.05) is 26.4 Å². The van der Waals surface area contributed by atoms with E-state index in [9.17, 15) is 19.7 Å². The van der Waals surface area contributed by atoms with E-state index < -0.39 is 29.2 Å². The second-order valence-corrected chi connectivity index (χ2v) is 9.08. The van der Waals surface area contributed by atoms with Crippen LogP contribution in [0, 0.1) is 22.0 Å². The summed E-state index contributed by atoms with van der Waals surface area (Å²) >= 11 is 3.36. The minimum atomic E-state index is -1.79. The number of rotatable bonds is 2. The quantitative estimate of drug-likeness (QED) is 0.316. The minimum absolute atomic E-state index is 0.353. The molecule has 31 heavy (non-hydrogen) atoms. The molecule has 4 aliphatic rings. The minimum Gasteiger partial charge on any atom is -0.274 e. The molecule has 2 amide bonds. The lowest BCUT2D eigenvalue weighted by Gasteiger charge is -2.48. The van der Waals surface area contributed by atoms with Crippen LogP contribution in [0.5, 0.6) is 0 Å². The van der Waals surface area contributed by atoms with Crippen LogP contribution in [0.2, 0.25) is 0 Å². The van der Waals surface area contributed by atoms with Gasteiger partial charge in [-0.05, 0) is 35.4 Å². The van der Waals surface area contributed by atoms with E-state index in [4.69, 9.17) is 0 Å². The van der Waals surface area contributed by atoms with E-state index in [0.29, 0.717) is 16.8 Å². The summed E-state index contributed by atoms with van der Waals surface area (Å²) in [6, 6.07) is 21.2. The molecule has 0 unspecified atom stereocenters. The third kappa shape index (κ3) is 2.07. The number of anilines is 1. The fraction of sp³-hybridized carbons (Fsp3) is 0.167. The fourth-order valence-electron chi connectivity index (χ4n) is 5.89. The molecular formula is C24H15BrN2O4. The lowest BCUT2D eigenvalue weighted by atomic mass is 9.51. The van der Waals surface area contributed by atoms with Crippen molar-refractivity contribution in [2.75, 3.05) is 4.90 Å². The summed E-state index contributed by atoms with van der Waals surface area (Å²) < 4.78 is 0.814. The predicted octanol–water partition coefficient (Wildman–Crippen LogP) is 4.23. The van der Waals surface area contributed by atoms with Crippen molar-refractivity contribution in [2.24, 2.45) is 11.8 Å². The summed E-state index contributed by atoms with van der Waals surface area (Å²) in [5, 5.41) is 12.9. The van der Waals surface area contributed by atoms with E-state index in [0.717, 1.165) is 20.5 Å². The Hall–Kier alpha value is -3.32. The van der Waals surface area contributed by atoms with Gasteiger partial charge in [-0.1, -0.05) is 64.5 Å². The highest BCUT2D eigenvalue weighted by Gasteiger charge is 2.74. The van der Waals surface area contributed by atoms with E-state index in [1.54, 1.807) is 48.5 Å². The Balaban J connectivity index is 1.67. The molecular weight excluding hydrogens is 460 g/mol. The normalized spacial score (nSPS) is 27.6. The van der Waals surface area contributed by atoms with E-state index >= 15 is 0 Å². The van der Waals surface area contributed by atoms with Crippen molar-refractivity contribution in [3.63, 3.8) is 0 Å². The number of nitro groups is 1. The van der Waals surface area contributed by atoms with E-state index in [2.05, 4.69) is 15.9 Å².